The maximum absolute atomic E-state index is 12.2. The van der Waals surface area contributed by atoms with Crippen LogP contribution in [0.1, 0.15) is 37.7 Å². The van der Waals surface area contributed by atoms with Crippen LogP contribution in [0.15, 0.2) is 18.2 Å². The van der Waals surface area contributed by atoms with Gasteiger partial charge in [-0.15, -0.1) is 12.4 Å². The molecule has 2 heterocycles. The Labute approximate surface area is 147 Å². The Hall–Kier alpha value is -1.92. The van der Waals surface area contributed by atoms with E-state index >= 15 is 0 Å². The lowest BCUT2D eigenvalue weighted by Crippen LogP contribution is -2.43. The molecule has 0 saturated carbocycles. The average Bonchev–Trinajstić information content (AvgIpc) is 2.88. The van der Waals surface area contributed by atoms with Gasteiger partial charge < -0.3 is 10.6 Å². The number of nitrogens with zero attached hydrogens (tertiary/aromatic N) is 1. The second-order valence-corrected chi connectivity index (χ2v) is 6.12. The topological polar surface area (TPSA) is 78.5 Å². The highest BCUT2D eigenvalue weighted by Gasteiger charge is 2.31. The number of carbonyl (C=O) groups excluding carboxylic acids is 3. The Kier molecular flexibility index (Phi) is 5.96. The largest absolute Gasteiger partial charge is 0.325 e. The van der Waals surface area contributed by atoms with E-state index in [-0.39, 0.29) is 49.0 Å². The predicted molar refractivity (Wildman–Crippen MR) is 94.4 cm³/mol. The van der Waals surface area contributed by atoms with E-state index in [2.05, 4.69) is 10.6 Å². The van der Waals surface area contributed by atoms with Crippen LogP contribution in [0.2, 0.25) is 0 Å². The predicted octanol–water partition coefficient (Wildman–Crippen LogP) is 2.15. The van der Waals surface area contributed by atoms with Crippen molar-refractivity contribution in [3.8, 4) is 0 Å². The molecule has 2 aliphatic heterocycles. The Morgan fingerprint density at radius 1 is 1.21 bits per heavy atom. The fourth-order valence-electron chi connectivity index (χ4n) is 3.13. The molecule has 2 fully saturated rings. The van der Waals surface area contributed by atoms with E-state index < -0.39 is 0 Å². The van der Waals surface area contributed by atoms with Gasteiger partial charge >= 0.3 is 0 Å². The first-order valence-corrected chi connectivity index (χ1v) is 8.07. The number of halogens is 1. The molecule has 0 aromatic heterocycles. The molecule has 1 atom stereocenters. The van der Waals surface area contributed by atoms with Crippen LogP contribution in [0.25, 0.3) is 0 Å². The number of hydrogen-bond donors (Lipinski definition) is 2. The number of nitrogens with one attached hydrogen (secondary N) is 2. The number of anilines is 2. The lowest BCUT2D eigenvalue weighted by atomic mass is 10.0. The molecule has 0 aliphatic carbocycles. The molecule has 2 saturated heterocycles. The van der Waals surface area contributed by atoms with Crippen molar-refractivity contribution in [2.45, 2.75) is 45.1 Å². The summed E-state index contributed by atoms with van der Waals surface area (Å²) in [6.07, 6.45) is 3.55. The van der Waals surface area contributed by atoms with Gasteiger partial charge in [0.2, 0.25) is 17.7 Å². The van der Waals surface area contributed by atoms with Crippen molar-refractivity contribution in [2.75, 3.05) is 16.8 Å². The zero-order chi connectivity index (χ0) is 16.4. The first-order chi connectivity index (χ1) is 11.1. The van der Waals surface area contributed by atoms with Crippen LogP contribution in [-0.4, -0.2) is 30.3 Å². The van der Waals surface area contributed by atoms with Gasteiger partial charge in [0, 0.05) is 18.5 Å². The highest BCUT2D eigenvalue weighted by Crippen LogP contribution is 2.28. The normalized spacial score (nSPS) is 20.7. The summed E-state index contributed by atoms with van der Waals surface area (Å²) in [7, 11) is 0. The summed E-state index contributed by atoms with van der Waals surface area (Å²) in [5.41, 5.74) is 2.08. The highest BCUT2D eigenvalue weighted by molar-refractivity contribution is 6.20. The monoisotopic (exact) mass is 351 g/mol. The molecular formula is C17H22ClN3O3. The molecule has 2 N–H and O–H groups in total. The van der Waals surface area contributed by atoms with Gasteiger partial charge in [-0.05, 0) is 50.1 Å². The molecule has 7 heteroatoms. The molecule has 130 valence electrons. The molecular weight excluding hydrogens is 330 g/mol. The summed E-state index contributed by atoms with van der Waals surface area (Å²) in [6.45, 7) is 2.71. The molecule has 24 heavy (non-hydrogen) atoms. The summed E-state index contributed by atoms with van der Waals surface area (Å²) >= 11 is 0. The van der Waals surface area contributed by atoms with Crippen molar-refractivity contribution in [3.05, 3.63) is 23.8 Å². The van der Waals surface area contributed by atoms with Crippen LogP contribution >= 0.6 is 12.4 Å². The van der Waals surface area contributed by atoms with Gasteiger partial charge in [-0.25, -0.2) is 0 Å². The molecule has 2 aliphatic rings. The van der Waals surface area contributed by atoms with Crippen LogP contribution in [0.4, 0.5) is 11.4 Å². The molecule has 1 aromatic rings. The number of amides is 3. The summed E-state index contributed by atoms with van der Waals surface area (Å²) in [6, 6.07) is 5.11. The van der Waals surface area contributed by atoms with Crippen molar-refractivity contribution >= 4 is 41.5 Å². The SMILES string of the molecule is Cc1cc(NC(=O)C2CCCCN2)ccc1N1C(=O)CCC1=O.Cl. The number of piperidine rings is 1. The van der Waals surface area contributed by atoms with Crippen molar-refractivity contribution in [2.24, 2.45) is 0 Å². The first kappa shape index (κ1) is 18.4. The van der Waals surface area contributed by atoms with E-state index in [0.717, 1.165) is 31.4 Å². The van der Waals surface area contributed by atoms with Gasteiger partial charge in [0.1, 0.15) is 0 Å². The summed E-state index contributed by atoms with van der Waals surface area (Å²) < 4.78 is 0. The van der Waals surface area contributed by atoms with Crippen LogP contribution in [-0.2, 0) is 14.4 Å². The Morgan fingerprint density at radius 3 is 2.50 bits per heavy atom. The summed E-state index contributed by atoms with van der Waals surface area (Å²) in [5, 5.41) is 6.11. The van der Waals surface area contributed by atoms with Crippen molar-refractivity contribution in [3.63, 3.8) is 0 Å². The second-order valence-electron chi connectivity index (χ2n) is 6.12. The quantitative estimate of drug-likeness (QED) is 0.818. The summed E-state index contributed by atoms with van der Waals surface area (Å²) in [4.78, 5) is 37.1. The van der Waals surface area contributed by atoms with Gasteiger partial charge in [0.25, 0.3) is 0 Å². The molecule has 1 unspecified atom stereocenters. The van der Waals surface area contributed by atoms with Gasteiger partial charge in [-0.1, -0.05) is 6.42 Å². The minimum atomic E-state index is -0.165. The smallest absolute Gasteiger partial charge is 0.241 e. The highest BCUT2D eigenvalue weighted by atomic mass is 35.5. The minimum Gasteiger partial charge on any atom is -0.325 e. The Morgan fingerprint density at radius 2 is 1.92 bits per heavy atom. The number of hydrogen-bond acceptors (Lipinski definition) is 4. The lowest BCUT2D eigenvalue weighted by Gasteiger charge is -2.23. The first-order valence-electron chi connectivity index (χ1n) is 8.07. The molecule has 1 aromatic carbocycles. The Balaban J connectivity index is 0.00000208. The molecule has 0 spiro atoms. The van der Waals surface area contributed by atoms with E-state index in [1.54, 1.807) is 18.2 Å². The standard InChI is InChI=1S/C17H21N3O3.ClH/c1-11-10-12(19-17(23)13-4-2-3-9-18-13)5-6-14(11)20-15(21)7-8-16(20)22;/h5-6,10,13,18H,2-4,7-9H2,1H3,(H,19,23);1H. The molecule has 6 nitrogen and oxygen atoms in total. The maximum atomic E-state index is 12.2. The minimum absolute atomic E-state index is 0. The third-order valence-electron chi connectivity index (χ3n) is 4.38. The lowest BCUT2D eigenvalue weighted by molar-refractivity contribution is -0.121. The number of aryl methyl sites for hydroxylation is 1. The third-order valence-corrected chi connectivity index (χ3v) is 4.38. The molecule has 0 radical (unpaired) electrons. The molecule has 3 amide bonds. The van der Waals surface area contributed by atoms with E-state index in [4.69, 9.17) is 0 Å². The van der Waals surface area contributed by atoms with E-state index in [9.17, 15) is 14.4 Å². The Bertz CT molecular complexity index is 640. The van der Waals surface area contributed by atoms with Gasteiger partial charge in [-0.2, -0.15) is 0 Å². The van der Waals surface area contributed by atoms with E-state index in [0.29, 0.717) is 11.4 Å². The van der Waals surface area contributed by atoms with E-state index in [1.807, 2.05) is 6.92 Å². The van der Waals surface area contributed by atoms with Gasteiger partial charge in [0.15, 0.2) is 0 Å². The summed E-state index contributed by atoms with van der Waals surface area (Å²) in [5.74, 6) is -0.368. The zero-order valence-corrected chi connectivity index (χ0v) is 14.4. The molecule has 3 rings (SSSR count). The van der Waals surface area contributed by atoms with Crippen LogP contribution in [0.5, 0.6) is 0 Å². The number of carbonyl (C=O) groups is 3. The maximum Gasteiger partial charge on any atom is 0.241 e. The van der Waals surface area contributed by atoms with Crippen molar-refractivity contribution in [1.82, 2.24) is 5.32 Å². The fraction of sp³-hybridized carbons (Fsp3) is 0.471. The fourth-order valence-corrected chi connectivity index (χ4v) is 3.13. The average molecular weight is 352 g/mol. The second kappa shape index (κ2) is 7.77. The van der Waals surface area contributed by atoms with Crippen LogP contribution < -0.4 is 15.5 Å². The number of rotatable bonds is 3. The third kappa shape index (κ3) is 3.76. The van der Waals surface area contributed by atoms with Crippen molar-refractivity contribution in [1.29, 1.82) is 0 Å². The number of benzene rings is 1. The van der Waals surface area contributed by atoms with Crippen LogP contribution in [0.3, 0.4) is 0 Å². The number of imide groups is 1. The van der Waals surface area contributed by atoms with E-state index in [1.165, 1.54) is 4.90 Å². The van der Waals surface area contributed by atoms with Gasteiger partial charge in [0.05, 0.1) is 11.7 Å². The van der Waals surface area contributed by atoms with Crippen molar-refractivity contribution < 1.29 is 14.4 Å². The molecule has 0 bridgehead atoms. The van der Waals surface area contributed by atoms with Crippen LogP contribution in [0, 0.1) is 6.92 Å². The zero-order valence-electron chi connectivity index (χ0n) is 13.6. The van der Waals surface area contributed by atoms with Gasteiger partial charge in [-0.3, -0.25) is 19.3 Å².